The lowest BCUT2D eigenvalue weighted by molar-refractivity contribution is 0.0949. The second-order valence-corrected chi connectivity index (χ2v) is 5.41. The van der Waals surface area contributed by atoms with Gasteiger partial charge in [0.1, 0.15) is 5.82 Å². The Labute approximate surface area is 114 Å². The number of likely N-dealkylation sites (tertiary alicyclic amines) is 1. The van der Waals surface area contributed by atoms with E-state index in [0.717, 1.165) is 13.0 Å². The summed E-state index contributed by atoms with van der Waals surface area (Å²) in [6.07, 6.45) is 4.06. The van der Waals surface area contributed by atoms with Crippen molar-refractivity contribution in [3.63, 3.8) is 0 Å². The van der Waals surface area contributed by atoms with E-state index in [-0.39, 0.29) is 11.6 Å². The van der Waals surface area contributed by atoms with Crippen molar-refractivity contribution < 1.29 is 9.18 Å². The van der Waals surface area contributed by atoms with Crippen LogP contribution in [-0.2, 0) is 0 Å². The number of hydrogen-bond donors (Lipinski definition) is 0. The predicted octanol–water partition coefficient (Wildman–Crippen LogP) is 3.66. The minimum absolute atomic E-state index is 0.0356. The van der Waals surface area contributed by atoms with Crippen LogP contribution in [0.5, 0.6) is 0 Å². The Balaban J connectivity index is 1.93. The molecule has 1 aliphatic rings. The second kappa shape index (κ2) is 6.29. The molecule has 0 amide bonds. The van der Waals surface area contributed by atoms with Crippen LogP contribution in [0.2, 0.25) is 0 Å². The summed E-state index contributed by atoms with van der Waals surface area (Å²) in [6, 6.07) is 7.14. The summed E-state index contributed by atoms with van der Waals surface area (Å²) < 4.78 is 13.1. The maximum atomic E-state index is 13.1. The summed E-state index contributed by atoms with van der Waals surface area (Å²) in [6.45, 7) is 5.21. The summed E-state index contributed by atoms with van der Waals surface area (Å²) >= 11 is 0. The maximum absolute atomic E-state index is 13.1. The molecule has 0 radical (unpaired) electrons. The monoisotopic (exact) mass is 263 g/mol. The molecule has 104 valence electrons. The number of carbonyl (C=O) groups is 1. The third-order valence-electron chi connectivity index (χ3n) is 4.17. The molecule has 0 aromatic heterocycles. The summed E-state index contributed by atoms with van der Waals surface area (Å²) in [7, 11) is 0. The molecular weight excluding hydrogens is 241 g/mol. The Kier molecular flexibility index (Phi) is 4.70. The molecule has 2 atom stereocenters. The SMILES string of the molecule is CCC1CCC(C)N1CCC(=O)c1cccc(F)c1. The first-order valence-electron chi connectivity index (χ1n) is 7.16. The molecule has 1 aromatic carbocycles. The first kappa shape index (κ1) is 14.2. The van der Waals surface area contributed by atoms with Crippen LogP contribution in [0.4, 0.5) is 4.39 Å². The van der Waals surface area contributed by atoms with Crippen molar-refractivity contribution in [1.82, 2.24) is 4.90 Å². The van der Waals surface area contributed by atoms with E-state index in [2.05, 4.69) is 18.7 Å². The van der Waals surface area contributed by atoms with Gasteiger partial charge in [0.25, 0.3) is 0 Å². The molecule has 1 aliphatic heterocycles. The average molecular weight is 263 g/mol. The van der Waals surface area contributed by atoms with Crippen LogP contribution in [0.25, 0.3) is 0 Å². The number of ketones is 1. The molecule has 1 saturated heterocycles. The molecule has 3 heteroatoms. The Bertz CT molecular complexity index is 446. The van der Waals surface area contributed by atoms with Crippen molar-refractivity contribution >= 4 is 5.78 Å². The van der Waals surface area contributed by atoms with Gasteiger partial charge in [-0.15, -0.1) is 0 Å². The van der Waals surface area contributed by atoms with Gasteiger partial charge in [0.2, 0.25) is 0 Å². The highest BCUT2D eigenvalue weighted by atomic mass is 19.1. The lowest BCUT2D eigenvalue weighted by atomic mass is 10.1. The highest BCUT2D eigenvalue weighted by molar-refractivity contribution is 5.96. The van der Waals surface area contributed by atoms with Gasteiger partial charge >= 0.3 is 0 Å². The van der Waals surface area contributed by atoms with Gasteiger partial charge in [0.05, 0.1) is 0 Å². The van der Waals surface area contributed by atoms with E-state index in [0.29, 0.717) is 24.1 Å². The number of benzene rings is 1. The minimum Gasteiger partial charge on any atom is -0.297 e. The Hall–Kier alpha value is -1.22. The van der Waals surface area contributed by atoms with Crippen LogP contribution in [0.3, 0.4) is 0 Å². The van der Waals surface area contributed by atoms with Crippen LogP contribution in [0, 0.1) is 5.82 Å². The summed E-state index contributed by atoms with van der Waals surface area (Å²) in [4.78, 5) is 14.5. The summed E-state index contributed by atoms with van der Waals surface area (Å²) in [5, 5.41) is 0. The zero-order valence-electron chi connectivity index (χ0n) is 11.7. The molecule has 19 heavy (non-hydrogen) atoms. The lowest BCUT2D eigenvalue weighted by Crippen LogP contribution is -2.35. The van der Waals surface area contributed by atoms with Gasteiger partial charge in [-0.25, -0.2) is 4.39 Å². The fourth-order valence-corrected chi connectivity index (χ4v) is 3.00. The van der Waals surface area contributed by atoms with Crippen molar-refractivity contribution in [2.24, 2.45) is 0 Å². The summed E-state index contributed by atoms with van der Waals surface area (Å²) in [5.41, 5.74) is 0.486. The van der Waals surface area contributed by atoms with Gasteiger partial charge in [0, 0.05) is 30.6 Å². The van der Waals surface area contributed by atoms with Crippen molar-refractivity contribution in [2.75, 3.05) is 6.54 Å². The number of nitrogens with zero attached hydrogens (tertiary/aromatic N) is 1. The van der Waals surface area contributed by atoms with E-state index in [1.54, 1.807) is 12.1 Å². The number of hydrogen-bond acceptors (Lipinski definition) is 2. The first-order chi connectivity index (χ1) is 9.11. The van der Waals surface area contributed by atoms with Crippen molar-refractivity contribution in [1.29, 1.82) is 0 Å². The number of rotatable bonds is 5. The quantitative estimate of drug-likeness (QED) is 0.756. The zero-order chi connectivity index (χ0) is 13.8. The van der Waals surface area contributed by atoms with Crippen molar-refractivity contribution in [3.05, 3.63) is 35.6 Å². The van der Waals surface area contributed by atoms with Crippen LogP contribution >= 0.6 is 0 Å². The zero-order valence-corrected chi connectivity index (χ0v) is 11.7. The van der Waals surface area contributed by atoms with Crippen molar-refractivity contribution in [3.8, 4) is 0 Å². The molecular formula is C16H22FNO. The fraction of sp³-hybridized carbons (Fsp3) is 0.562. The molecule has 0 spiro atoms. The van der Waals surface area contributed by atoms with Crippen molar-refractivity contribution in [2.45, 2.75) is 51.6 Å². The molecule has 0 N–H and O–H groups in total. The van der Waals surface area contributed by atoms with Gasteiger partial charge in [-0.05, 0) is 38.3 Å². The predicted molar refractivity (Wildman–Crippen MR) is 74.8 cm³/mol. The van der Waals surface area contributed by atoms with Crippen LogP contribution in [0.1, 0.15) is 49.9 Å². The molecule has 1 heterocycles. The second-order valence-electron chi connectivity index (χ2n) is 5.41. The molecule has 0 aliphatic carbocycles. The average Bonchev–Trinajstić information content (AvgIpc) is 2.76. The van der Waals surface area contributed by atoms with Gasteiger partial charge in [-0.1, -0.05) is 19.1 Å². The Morgan fingerprint density at radius 1 is 1.42 bits per heavy atom. The van der Waals surface area contributed by atoms with Crippen LogP contribution < -0.4 is 0 Å². The maximum Gasteiger partial charge on any atom is 0.164 e. The normalized spacial score (nSPS) is 23.7. The Morgan fingerprint density at radius 3 is 2.89 bits per heavy atom. The molecule has 0 saturated carbocycles. The van der Waals surface area contributed by atoms with E-state index in [1.165, 1.54) is 25.0 Å². The largest absolute Gasteiger partial charge is 0.297 e. The van der Waals surface area contributed by atoms with Gasteiger partial charge in [-0.2, -0.15) is 0 Å². The van der Waals surface area contributed by atoms with Crippen LogP contribution in [-0.4, -0.2) is 29.3 Å². The third-order valence-corrected chi connectivity index (χ3v) is 4.17. The van der Waals surface area contributed by atoms with Crippen LogP contribution in [0.15, 0.2) is 24.3 Å². The molecule has 0 bridgehead atoms. The van der Waals surface area contributed by atoms with E-state index in [9.17, 15) is 9.18 Å². The highest BCUT2D eigenvalue weighted by Gasteiger charge is 2.29. The Morgan fingerprint density at radius 2 is 2.21 bits per heavy atom. The van der Waals surface area contributed by atoms with Gasteiger partial charge in [-0.3, -0.25) is 9.69 Å². The highest BCUT2D eigenvalue weighted by Crippen LogP contribution is 2.26. The number of halogens is 1. The fourth-order valence-electron chi connectivity index (χ4n) is 3.00. The minimum atomic E-state index is -0.341. The van der Waals surface area contributed by atoms with Gasteiger partial charge in [0.15, 0.2) is 5.78 Å². The van der Waals surface area contributed by atoms with E-state index in [1.807, 2.05) is 0 Å². The van der Waals surface area contributed by atoms with Gasteiger partial charge < -0.3 is 0 Å². The summed E-state index contributed by atoms with van der Waals surface area (Å²) in [5.74, 6) is -0.305. The third kappa shape index (κ3) is 3.41. The molecule has 2 unspecified atom stereocenters. The standard InChI is InChI=1S/C16H22FNO/c1-3-15-8-7-12(2)18(15)10-9-16(19)13-5-4-6-14(17)11-13/h4-6,11-12,15H,3,7-10H2,1-2H3. The topological polar surface area (TPSA) is 20.3 Å². The molecule has 1 fully saturated rings. The number of carbonyl (C=O) groups excluding carboxylic acids is 1. The molecule has 2 nitrogen and oxygen atoms in total. The van der Waals surface area contributed by atoms with E-state index in [4.69, 9.17) is 0 Å². The van der Waals surface area contributed by atoms with E-state index >= 15 is 0 Å². The molecule has 2 rings (SSSR count). The first-order valence-corrected chi connectivity index (χ1v) is 7.16. The smallest absolute Gasteiger partial charge is 0.164 e. The lowest BCUT2D eigenvalue weighted by Gasteiger charge is -2.27. The molecule has 1 aromatic rings. The number of Topliss-reactive ketones (excluding diaryl/α,β-unsaturated/α-hetero) is 1. The van der Waals surface area contributed by atoms with E-state index < -0.39 is 0 Å².